The summed E-state index contributed by atoms with van der Waals surface area (Å²) in [5.74, 6) is -0.321. The van der Waals surface area contributed by atoms with Crippen LogP contribution in [-0.2, 0) is 14.3 Å². The number of rotatable bonds is 4. The highest BCUT2D eigenvalue weighted by Crippen LogP contribution is 2.06. The van der Waals surface area contributed by atoms with Gasteiger partial charge in [0.05, 0.1) is 13.7 Å². The van der Waals surface area contributed by atoms with E-state index in [-0.39, 0.29) is 12.6 Å². The summed E-state index contributed by atoms with van der Waals surface area (Å²) in [5.41, 5.74) is 0. The average Bonchev–Trinajstić information content (AvgIpc) is 2.25. The molecule has 1 saturated heterocycles. The topological polar surface area (TPSA) is 59.0 Å². The quantitative estimate of drug-likeness (QED) is 0.609. The molecule has 5 heteroatoms. The molecule has 1 unspecified atom stereocenters. The van der Waals surface area contributed by atoms with Gasteiger partial charge in [-0.3, -0.25) is 4.90 Å². The van der Waals surface area contributed by atoms with Crippen LogP contribution >= 0.6 is 0 Å². The van der Waals surface area contributed by atoms with Crippen molar-refractivity contribution in [3.05, 3.63) is 0 Å². The van der Waals surface area contributed by atoms with Crippen molar-refractivity contribution in [2.45, 2.75) is 12.5 Å². The maximum atomic E-state index is 11.2. The average molecular weight is 203 g/mol. The molecule has 1 aliphatic rings. The van der Waals surface area contributed by atoms with Crippen molar-refractivity contribution in [1.82, 2.24) is 4.90 Å². The molecule has 5 nitrogen and oxygen atoms in total. The summed E-state index contributed by atoms with van der Waals surface area (Å²) in [6.07, 6.45) is 0.265. The SMILES string of the molecule is COC(=O)C1CN(CCCO)CCO1. The summed E-state index contributed by atoms with van der Waals surface area (Å²) in [6.45, 7) is 2.90. The molecule has 1 rings (SSSR count). The van der Waals surface area contributed by atoms with Crippen LogP contribution in [0, 0.1) is 0 Å². The van der Waals surface area contributed by atoms with Crippen molar-refractivity contribution in [3.8, 4) is 0 Å². The van der Waals surface area contributed by atoms with Crippen LogP contribution in [-0.4, -0.2) is 62.0 Å². The number of carbonyl (C=O) groups is 1. The van der Waals surface area contributed by atoms with Gasteiger partial charge in [-0.2, -0.15) is 0 Å². The number of morpholine rings is 1. The Morgan fingerprint density at radius 3 is 3.14 bits per heavy atom. The van der Waals surface area contributed by atoms with Crippen LogP contribution in [0.2, 0.25) is 0 Å². The Hall–Kier alpha value is -0.650. The van der Waals surface area contributed by atoms with E-state index in [1.165, 1.54) is 7.11 Å². The first kappa shape index (κ1) is 11.4. The summed E-state index contributed by atoms with van der Waals surface area (Å²) >= 11 is 0. The van der Waals surface area contributed by atoms with E-state index in [1.807, 2.05) is 0 Å². The molecule has 0 spiro atoms. The minimum atomic E-state index is -0.465. The molecule has 1 atom stereocenters. The molecule has 82 valence electrons. The maximum absolute atomic E-state index is 11.2. The van der Waals surface area contributed by atoms with Crippen molar-refractivity contribution in [3.63, 3.8) is 0 Å². The Balaban J connectivity index is 2.31. The second kappa shape index (κ2) is 5.95. The first-order chi connectivity index (χ1) is 6.77. The van der Waals surface area contributed by atoms with Gasteiger partial charge in [-0.1, -0.05) is 0 Å². The lowest BCUT2D eigenvalue weighted by atomic mass is 10.2. The van der Waals surface area contributed by atoms with Gasteiger partial charge >= 0.3 is 5.97 Å². The predicted octanol–water partition coefficient (Wildman–Crippen LogP) is -0.757. The van der Waals surface area contributed by atoms with Crippen LogP contribution in [0.4, 0.5) is 0 Å². The van der Waals surface area contributed by atoms with Crippen LogP contribution < -0.4 is 0 Å². The molecule has 14 heavy (non-hydrogen) atoms. The van der Waals surface area contributed by atoms with E-state index in [1.54, 1.807) is 0 Å². The Morgan fingerprint density at radius 1 is 1.71 bits per heavy atom. The van der Waals surface area contributed by atoms with Crippen LogP contribution in [0.5, 0.6) is 0 Å². The molecule has 0 amide bonds. The van der Waals surface area contributed by atoms with Crippen LogP contribution in [0.15, 0.2) is 0 Å². The third kappa shape index (κ3) is 3.25. The zero-order valence-electron chi connectivity index (χ0n) is 8.44. The minimum Gasteiger partial charge on any atom is -0.467 e. The summed E-state index contributed by atoms with van der Waals surface area (Å²) in [5, 5.41) is 8.67. The van der Waals surface area contributed by atoms with Crippen molar-refractivity contribution in [2.24, 2.45) is 0 Å². The molecule has 0 radical (unpaired) electrons. The van der Waals surface area contributed by atoms with Gasteiger partial charge in [0.1, 0.15) is 0 Å². The number of methoxy groups -OCH3 is 1. The number of aliphatic hydroxyl groups excluding tert-OH is 1. The molecule has 1 fully saturated rings. The molecular formula is C9H17NO4. The third-order valence-electron chi connectivity index (χ3n) is 2.25. The number of carbonyl (C=O) groups excluding carboxylic acids is 1. The molecule has 0 bridgehead atoms. The molecular weight excluding hydrogens is 186 g/mol. The van der Waals surface area contributed by atoms with Crippen molar-refractivity contribution >= 4 is 5.97 Å². The maximum Gasteiger partial charge on any atom is 0.336 e. The van der Waals surface area contributed by atoms with Gasteiger partial charge in [0.15, 0.2) is 6.10 Å². The van der Waals surface area contributed by atoms with E-state index in [0.29, 0.717) is 13.2 Å². The van der Waals surface area contributed by atoms with E-state index >= 15 is 0 Å². The standard InChI is InChI=1S/C9H17NO4/c1-13-9(12)8-7-10(3-2-5-11)4-6-14-8/h8,11H,2-7H2,1H3. The van der Waals surface area contributed by atoms with Gasteiger partial charge < -0.3 is 14.6 Å². The van der Waals surface area contributed by atoms with Gasteiger partial charge in [0.2, 0.25) is 0 Å². The van der Waals surface area contributed by atoms with Gasteiger partial charge in [-0.25, -0.2) is 4.79 Å². The summed E-state index contributed by atoms with van der Waals surface area (Å²) < 4.78 is 9.86. The Labute approximate surface area is 83.6 Å². The van der Waals surface area contributed by atoms with Gasteiger partial charge in [-0.15, -0.1) is 0 Å². The predicted molar refractivity (Wildman–Crippen MR) is 49.9 cm³/mol. The second-order valence-corrected chi connectivity index (χ2v) is 3.26. The number of esters is 1. The summed E-state index contributed by atoms with van der Waals surface area (Å²) in [7, 11) is 1.36. The highest BCUT2D eigenvalue weighted by molar-refractivity contribution is 5.74. The molecule has 0 aromatic heterocycles. The lowest BCUT2D eigenvalue weighted by molar-refractivity contribution is -0.159. The number of ether oxygens (including phenoxy) is 2. The zero-order chi connectivity index (χ0) is 10.4. The van der Waals surface area contributed by atoms with Crippen molar-refractivity contribution < 1.29 is 19.4 Å². The van der Waals surface area contributed by atoms with E-state index in [9.17, 15) is 4.79 Å². The van der Waals surface area contributed by atoms with Crippen LogP contribution in [0.3, 0.4) is 0 Å². The van der Waals surface area contributed by atoms with Crippen molar-refractivity contribution in [2.75, 3.05) is 40.0 Å². The van der Waals surface area contributed by atoms with Crippen LogP contribution in [0.25, 0.3) is 0 Å². The van der Waals surface area contributed by atoms with E-state index in [0.717, 1.165) is 19.5 Å². The Bertz CT molecular complexity index is 186. The number of aliphatic hydroxyl groups is 1. The van der Waals surface area contributed by atoms with E-state index in [4.69, 9.17) is 9.84 Å². The number of nitrogens with zero attached hydrogens (tertiary/aromatic N) is 1. The lowest BCUT2D eigenvalue weighted by Crippen LogP contribution is -2.46. The fourth-order valence-electron chi connectivity index (χ4n) is 1.47. The van der Waals surface area contributed by atoms with E-state index in [2.05, 4.69) is 9.64 Å². The molecule has 0 aromatic carbocycles. The zero-order valence-corrected chi connectivity index (χ0v) is 8.44. The largest absolute Gasteiger partial charge is 0.467 e. The van der Waals surface area contributed by atoms with E-state index < -0.39 is 6.10 Å². The smallest absolute Gasteiger partial charge is 0.336 e. The molecule has 0 saturated carbocycles. The number of hydrogen-bond acceptors (Lipinski definition) is 5. The summed E-state index contributed by atoms with van der Waals surface area (Å²) in [4.78, 5) is 13.3. The molecule has 0 aromatic rings. The Morgan fingerprint density at radius 2 is 2.50 bits per heavy atom. The normalized spacial score (nSPS) is 23.4. The summed E-state index contributed by atoms with van der Waals surface area (Å²) in [6, 6.07) is 0. The first-order valence-electron chi connectivity index (χ1n) is 4.80. The fraction of sp³-hybridized carbons (Fsp3) is 0.889. The minimum absolute atomic E-state index is 0.181. The molecule has 1 N–H and O–H groups in total. The highest BCUT2D eigenvalue weighted by Gasteiger charge is 2.26. The van der Waals surface area contributed by atoms with Gasteiger partial charge in [0, 0.05) is 26.2 Å². The second-order valence-electron chi connectivity index (χ2n) is 3.26. The van der Waals surface area contributed by atoms with Gasteiger partial charge in [0.25, 0.3) is 0 Å². The number of hydrogen-bond donors (Lipinski definition) is 1. The third-order valence-corrected chi connectivity index (χ3v) is 2.25. The fourth-order valence-corrected chi connectivity index (χ4v) is 1.47. The first-order valence-corrected chi connectivity index (χ1v) is 4.80. The molecule has 1 heterocycles. The van der Waals surface area contributed by atoms with Crippen LogP contribution in [0.1, 0.15) is 6.42 Å². The lowest BCUT2D eigenvalue weighted by Gasteiger charge is -2.31. The Kier molecular flexibility index (Phi) is 4.86. The van der Waals surface area contributed by atoms with Gasteiger partial charge in [-0.05, 0) is 6.42 Å². The molecule has 1 aliphatic heterocycles. The monoisotopic (exact) mass is 203 g/mol. The van der Waals surface area contributed by atoms with Crippen molar-refractivity contribution in [1.29, 1.82) is 0 Å². The molecule has 0 aliphatic carbocycles. The highest BCUT2D eigenvalue weighted by atomic mass is 16.6.